The molecule has 0 aliphatic rings. The van der Waals surface area contributed by atoms with Crippen LogP contribution in [-0.2, 0) is 4.74 Å². The van der Waals surface area contributed by atoms with Crippen LogP contribution in [0.2, 0.25) is 0 Å². The van der Waals surface area contributed by atoms with Gasteiger partial charge in [0.2, 0.25) is 0 Å². The quantitative estimate of drug-likeness (QED) is 0.315. The Kier molecular flexibility index (Phi) is 7.67. The van der Waals surface area contributed by atoms with Gasteiger partial charge in [-0.05, 0) is 61.4 Å². The molecule has 4 rings (SSSR count). The number of carbonyl (C=O) groups is 1. The summed E-state index contributed by atoms with van der Waals surface area (Å²) in [7, 11) is 1.61. The predicted molar refractivity (Wildman–Crippen MR) is 134 cm³/mol. The molecule has 1 atom stereocenters. The lowest BCUT2D eigenvalue weighted by molar-refractivity contribution is 0.0634. The Balaban J connectivity index is 1.90. The summed E-state index contributed by atoms with van der Waals surface area (Å²) in [6, 6.07) is 21.5. The number of fused-ring (bicyclic) bond motifs is 1. The maximum Gasteiger partial charge on any atom is 0.266 e. The molecule has 3 aromatic carbocycles. The van der Waals surface area contributed by atoms with Gasteiger partial charge in [0.25, 0.3) is 11.5 Å². The van der Waals surface area contributed by atoms with Crippen LogP contribution in [0.4, 0.5) is 4.39 Å². The Bertz CT molecular complexity index is 1350. The van der Waals surface area contributed by atoms with Crippen LogP contribution in [-0.4, -0.2) is 40.6 Å². The number of nitrogens with zero attached hydrogens (tertiary/aromatic N) is 3. The number of methoxy groups -OCH3 is 1. The molecule has 6 nitrogen and oxygen atoms in total. The first-order valence-electron chi connectivity index (χ1n) is 11.7. The van der Waals surface area contributed by atoms with E-state index < -0.39 is 11.9 Å². The molecule has 0 radical (unpaired) electrons. The largest absolute Gasteiger partial charge is 0.385 e. The minimum Gasteiger partial charge on any atom is -0.385 e. The minimum atomic E-state index is -0.498. The van der Waals surface area contributed by atoms with Crippen molar-refractivity contribution >= 4 is 16.8 Å². The second-order valence-electron chi connectivity index (χ2n) is 8.24. The number of benzene rings is 3. The van der Waals surface area contributed by atoms with Gasteiger partial charge < -0.3 is 9.64 Å². The molecule has 0 bridgehead atoms. The maximum absolute atomic E-state index is 13.7. The molecule has 4 aromatic rings. The van der Waals surface area contributed by atoms with Gasteiger partial charge in [0.05, 0.1) is 22.6 Å². The average Bonchev–Trinajstić information content (AvgIpc) is 2.89. The molecule has 0 saturated carbocycles. The summed E-state index contributed by atoms with van der Waals surface area (Å²) in [5.74, 6) is -0.182. The standard InChI is InChI=1S/C28H28FN3O3/c1-3-25(31(18-9-19-35-2)27(33)20-14-16-21(29)17-15-20)26-30-24-13-8-7-12-23(24)28(34)32(26)22-10-5-4-6-11-22/h4-8,10-17,25H,3,9,18-19H2,1-2H3. The van der Waals surface area contributed by atoms with Crippen molar-refractivity contribution in [3.63, 3.8) is 0 Å². The van der Waals surface area contributed by atoms with Crippen molar-refractivity contribution < 1.29 is 13.9 Å². The first kappa shape index (κ1) is 24.3. The molecule has 0 fully saturated rings. The van der Waals surface area contributed by atoms with Crippen molar-refractivity contribution in [2.75, 3.05) is 20.3 Å². The van der Waals surface area contributed by atoms with Crippen LogP contribution in [0.3, 0.4) is 0 Å². The molecule has 1 aromatic heterocycles. The number of hydrogen-bond acceptors (Lipinski definition) is 4. The molecule has 180 valence electrons. The number of ether oxygens (including phenoxy) is 1. The number of aromatic nitrogens is 2. The van der Waals surface area contributed by atoms with E-state index in [1.54, 1.807) is 28.7 Å². The van der Waals surface area contributed by atoms with Crippen molar-refractivity contribution in [3.05, 3.63) is 106 Å². The Morgan fingerprint density at radius 3 is 2.40 bits per heavy atom. The summed E-state index contributed by atoms with van der Waals surface area (Å²) in [5.41, 5.74) is 1.43. The fourth-order valence-corrected chi connectivity index (χ4v) is 4.28. The lowest BCUT2D eigenvalue weighted by Gasteiger charge is -2.32. The van der Waals surface area contributed by atoms with Gasteiger partial charge >= 0.3 is 0 Å². The van der Waals surface area contributed by atoms with Crippen LogP contribution >= 0.6 is 0 Å². The first-order chi connectivity index (χ1) is 17.0. The number of amides is 1. The topological polar surface area (TPSA) is 64.4 Å². The maximum atomic E-state index is 13.7. The van der Waals surface area contributed by atoms with Gasteiger partial charge in [0.1, 0.15) is 11.6 Å². The third-order valence-corrected chi connectivity index (χ3v) is 5.98. The van der Waals surface area contributed by atoms with E-state index in [4.69, 9.17) is 9.72 Å². The van der Waals surface area contributed by atoms with E-state index in [1.807, 2.05) is 49.4 Å². The van der Waals surface area contributed by atoms with Gasteiger partial charge in [0, 0.05) is 25.8 Å². The number of hydrogen-bond donors (Lipinski definition) is 0. The summed E-state index contributed by atoms with van der Waals surface area (Å²) in [6.07, 6.45) is 1.13. The van der Waals surface area contributed by atoms with Crippen molar-refractivity contribution in [2.24, 2.45) is 0 Å². The molecule has 0 aliphatic heterocycles. The van der Waals surface area contributed by atoms with Gasteiger partial charge in [-0.3, -0.25) is 14.2 Å². The van der Waals surface area contributed by atoms with E-state index in [2.05, 4.69) is 0 Å². The van der Waals surface area contributed by atoms with Crippen LogP contribution in [0.25, 0.3) is 16.6 Å². The zero-order valence-corrected chi connectivity index (χ0v) is 19.9. The monoisotopic (exact) mass is 473 g/mol. The third-order valence-electron chi connectivity index (χ3n) is 5.98. The lowest BCUT2D eigenvalue weighted by atomic mass is 10.1. The normalized spacial score (nSPS) is 12.0. The average molecular weight is 474 g/mol. The molecule has 1 amide bonds. The highest BCUT2D eigenvalue weighted by Gasteiger charge is 2.29. The highest BCUT2D eigenvalue weighted by molar-refractivity contribution is 5.94. The lowest BCUT2D eigenvalue weighted by Crippen LogP contribution is -2.39. The molecule has 1 heterocycles. The van der Waals surface area contributed by atoms with Gasteiger partial charge in [-0.15, -0.1) is 0 Å². The fourth-order valence-electron chi connectivity index (χ4n) is 4.28. The number of para-hydroxylation sites is 2. The summed E-state index contributed by atoms with van der Waals surface area (Å²) in [5, 5.41) is 0.505. The SMILES string of the molecule is CCC(c1nc2ccccc2c(=O)n1-c1ccccc1)N(CCCOC)C(=O)c1ccc(F)cc1. The van der Waals surface area contributed by atoms with Crippen LogP contribution in [0.5, 0.6) is 0 Å². The van der Waals surface area contributed by atoms with Crippen LogP contribution < -0.4 is 5.56 Å². The van der Waals surface area contributed by atoms with Gasteiger partial charge in [-0.2, -0.15) is 0 Å². The van der Waals surface area contributed by atoms with E-state index in [-0.39, 0.29) is 11.5 Å². The van der Waals surface area contributed by atoms with E-state index >= 15 is 0 Å². The van der Waals surface area contributed by atoms with Crippen molar-refractivity contribution in [1.29, 1.82) is 0 Å². The Labute approximate surface area is 203 Å². The first-order valence-corrected chi connectivity index (χ1v) is 11.7. The van der Waals surface area contributed by atoms with Crippen LogP contribution in [0, 0.1) is 5.82 Å². The number of carbonyl (C=O) groups excluding carboxylic acids is 1. The summed E-state index contributed by atoms with van der Waals surface area (Å²) < 4.78 is 20.4. The molecule has 1 unspecified atom stereocenters. The van der Waals surface area contributed by atoms with E-state index in [0.29, 0.717) is 54.0 Å². The minimum absolute atomic E-state index is 0.193. The van der Waals surface area contributed by atoms with Gasteiger partial charge in [0.15, 0.2) is 0 Å². The van der Waals surface area contributed by atoms with Crippen molar-refractivity contribution in [3.8, 4) is 5.69 Å². The molecule has 7 heteroatoms. The summed E-state index contributed by atoms with van der Waals surface area (Å²) in [4.78, 5) is 34.0. The van der Waals surface area contributed by atoms with Crippen LogP contribution in [0.15, 0.2) is 83.7 Å². The molecular formula is C28H28FN3O3. The molecule has 0 spiro atoms. The van der Waals surface area contributed by atoms with E-state index in [9.17, 15) is 14.0 Å². The highest BCUT2D eigenvalue weighted by atomic mass is 19.1. The Morgan fingerprint density at radius 1 is 1.03 bits per heavy atom. The molecular weight excluding hydrogens is 445 g/mol. The smallest absolute Gasteiger partial charge is 0.266 e. The Morgan fingerprint density at radius 2 is 1.71 bits per heavy atom. The van der Waals surface area contributed by atoms with E-state index in [0.717, 1.165) is 0 Å². The number of rotatable bonds is 9. The molecule has 0 saturated heterocycles. The zero-order valence-electron chi connectivity index (χ0n) is 19.9. The second-order valence-corrected chi connectivity index (χ2v) is 8.24. The second kappa shape index (κ2) is 11.1. The summed E-state index contributed by atoms with van der Waals surface area (Å²) >= 11 is 0. The van der Waals surface area contributed by atoms with Gasteiger partial charge in [-0.25, -0.2) is 9.37 Å². The van der Waals surface area contributed by atoms with Gasteiger partial charge in [-0.1, -0.05) is 37.3 Å². The van der Waals surface area contributed by atoms with Crippen LogP contribution in [0.1, 0.15) is 42.0 Å². The van der Waals surface area contributed by atoms with Crippen molar-refractivity contribution in [2.45, 2.75) is 25.8 Å². The Hall–Kier alpha value is -3.84. The van der Waals surface area contributed by atoms with Crippen molar-refractivity contribution in [1.82, 2.24) is 14.5 Å². The predicted octanol–water partition coefficient (Wildman–Crippen LogP) is 5.15. The zero-order chi connectivity index (χ0) is 24.8. The van der Waals surface area contributed by atoms with E-state index in [1.165, 1.54) is 24.3 Å². The highest BCUT2D eigenvalue weighted by Crippen LogP contribution is 2.28. The number of halogens is 1. The molecule has 35 heavy (non-hydrogen) atoms. The third kappa shape index (κ3) is 5.15. The molecule has 0 N–H and O–H groups in total. The fraction of sp³-hybridized carbons (Fsp3) is 0.250. The molecule has 0 aliphatic carbocycles. The summed E-state index contributed by atoms with van der Waals surface area (Å²) in [6.45, 7) is 2.82.